The first-order chi connectivity index (χ1) is 12.3. The van der Waals surface area contributed by atoms with Crippen molar-refractivity contribution in [3.8, 4) is 0 Å². The number of hydrogen-bond donors (Lipinski definition) is 0. The normalized spacial score (nSPS) is 15.0. The number of carbonyl (C=O) groups excluding carboxylic acids is 1. The molecule has 0 radical (unpaired) electrons. The number of carbonyl (C=O) groups is 1. The van der Waals surface area contributed by atoms with Crippen LogP contribution in [0.15, 0.2) is 6.07 Å². The minimum atomic E-state index is -2.38. The quantitative estimate of drug-likeness (QED) is 0.345. The first-order valence-corrected chi connectivity index (χ1v) is 19.0. The molecule has 1 aromatic heterocycles. The van der Waals surface area contributed by atoms with Crippen molar-refractivity contribution in [1.82, 2.24) is 4.90 Å². The van der Waals surface area contributed by atoms with Crippen LogP contribution in [-0.4, -0.2) is 34.7 Å². The molecule has 0 aromatic carbocycles. The van der Waals surface area contributed by atoms with Crippen LogP contribution in [0, 0.1) is 0 Å². The number of hydrogen-bond acceptors (Lipinski definition) is 2. The zero-order valence-corrected chi connectivity index (χ0v) is 21.6. The van der Waals surface area contributed by atoms with Crippen molar-refractivity contribution in [2.45, 2.75) is 105 Å². The Hall–Kier alpha value is -0.0313. The fraction of sp³-hybridized carbons (Fsp3) is 0.773. The summed E-state index contributed by atoms with van der Waals surface area (Å²) in [7, 11) is 0. The maximum absolute atomic E-state index is 13.0. The number of thiophene rings is 1. The third-order valence-corrected chi connectivity index (χ3v) is 25.3. The number of nitrogens with zero attached hydrogens (tertiary/aromatic N) is 1. The molecule has 148 valence electrons. The number of amides is 1. The summed E-state index contributed by atoms with van der Waals surface area (Å²) in [5.74, 6) is 0.283. The van der Waals surface area contributed by atoms with Crippen LogP contribution < -0.4 is 2.89 Å². The van der Waals surface area contributed by atoms with Gasteiger partial charge in [-0.05, 0) is 0 Å². The molecule has 0 bridgehead atoms. The van der Waals surface area contributed by atoms with E-state index in [9.17, 15) is 4.79 Å². The van der Waals surface area contributed by atoms with Crippen LogP contribution in [0.2, 0.25) is 13.3 Å². The fourth-order valence-corrected chi connectivity index (χ4v) is 24.5. The zero-order chi connectivity index (χ0) is 19.4. The third kappa shape index (κ3) is 4.87. The van der Waals surface area contributed by atoms with Gasteiger partial charge in [0, 0.05) is 0 Å². The van der Waals surface area contributed by atoms with E-state index in [0.717, 1.165) is 11.4 Å². The van der Waals surface area contributed by atoms with Gasteiger partial charge >= 0.3 is 170 Å². The van der Waals surface area contributed by atoms with Crippen molar-refractivity contribution < 1.29 is 4.79 Å². The SMILES string of the molecule is CCC[CH2][Sn]([CH2]CCC)([CH2]CCC)[c]1cc2c(s1)C(=O)N(C(C)(C)C)C2. The number of rotatable bonds is 10. The summed E-state index contributed by atoms with van der Waals surface area (Å²) in [5.41, 5.74) is 1.25. The van der Waals surface area contributed by atoms with Crippen molar-refractivity contribution in [3.63, 3.8) is 0 Å². The van der Waals surface area contributed by atoms with Gasteiger partial charge in [0.15, 0.2) is 0 Å². The second-order valence-electron chi connectivity index (χ2n) is 9.12. The van der Waals surface area contributed by atoms with E-state index in [1.54, 1.807) is 2.89 Å². The third-order valence-electron chi connectivity index (χ3n) is 5.94. The summed E-state index contributed by atoms with van der Waals surface area (Å²) in [6, 6.07) is 2.50. The number of unbranched alkanes of at least 4 members (excludes halogenated alkanes) is 3. The van der Waals surface area contributed by atoms with Crippen LogP contribution in [0.1, 0.15) is 95.3 Å². The first-order valence-electron chi connectivity index (χ1n) is 10.7. The van der Waals surface area contributed by atoms with Gasteiger partial charge in [-0.15, -0.1) is 0 Å². The Balaban J connectivity index is 2.35. The van der Waals surface area contributed by atoms with Gasteiger partial charge in [0.05, 0.1) is 0 Å². The monoisotopic (exact) mass is 485 g/mol. The Kier molecular flexibility index (Phi) is 8.09. The van der Waals surface area contributed by atoms with Crippen molar-refractivity contribution in [2.24, 2.45) is 0 Å². The molecule has 4 heteroatoms. The maximum atomic E-state index is 13.0. The van der Waals surface area contributed by atoms with E-state index < -0.39 is 18.4 Å². The van der Waals surface area contributed by atoms with Crippen molar-refractivity contribution in [1.29, 1.82) is 0 Å². The van der Waals surface area contributed by atoms with Crippen LogP contribution in [0.3, 0.4) is 0 Å². The molecule has 0 aliphatic carbocycles. The van der Waals surface area contributed by atoms with Crippen LogP contribution in [0.5, 0.6) is 0 Å². The van der Waals surface area contributed by atoms with Crippen LogP contribution in [-0.2, 0) is 6.54 Å². The Bertz CT molecular complexity index is 580. The van der Waals surface area contributed by atoms with Crippen LogP contribution in [0.4, 0.5) is 0 Å². The summed E-state index contributed by atoms with van der Waals surface area (Å²) in [4.78, 5) is 16.1. The molecule has 2 rings (SSSR count). The molecule has 2 nitrogen and oxygen atoms in total. The topological polar surface area (TPSA) is 20.3 Å². The molecule has 0 unspecified atom stereocenters. The van der Waals surface area contributed by atoms with Crippen LogP contribution in [0.25, 0.3) is 0 Å². The molecule has 1 aromatic rings. The Morgan fingerprint density at radius 3 is 1.88 bits per heavy atom. The summed E-state index contributed by atoms with van der Waals surface area (Å²) in [6.45, 7) is 14.3. The molecule has 2 heterocycles. The molecule has 0 fully saturated rings. The predicted octanol–water partition coefficient (Wildman–Crippen LogP) is 6.56. The average molecular weight is 484 g/mol. The van der Waals surface area contributed by atoms with E-state index in [1.165, 1.54) is 57.4 Å². The van der Waals surface area contributed by atoms with Crippen molar-refractivity contribution >= 4 is 38.5 Å². The van der Waals surface area contributed by atoms with Gasteiger partial charge in [-0.1, -0.05) is 0 Å². The van der Waals surface area contributed by atoms with Gasteiger partial charge in [0.2, 0.25) is 0 Å². The number of fused-ring (bicyclic) bond motifs is 1. The summed E-state index contributed by atoms with van der Waals surface area (Å²) in [6.07, 6.45) is 8.06. The zero-order valence-electron chi connectivity index (χ0n) is 17.9. The van der Waals surface area contributed by atoms with Gasteiger partial charge in [0.25, 0.3) is 0 Å². The summed E-state index contributed by atoms with van der Waals surface area (Å²) >= 11 is -0.474. The average Bonchev–Trinajstić information content (AvgIpc) is 3.14. The summed E-state index contributed by atoms with van der Waals surface area (Å²) in [5, 5.41) is 0. The molecule has 0 saturated carbocycles. The predicted molar refractivity (Wildman–Crippen MR) is 118 cm³/mol. The van der Waals surface area contributed by atoms with Gasteiger partial charge in [-0.2, -0.15) is 0 Å². The van der Waals surface area contributed by atoms with E-state index in [1.807, 2.05) is 11.3 Å². The molecule has 1 aliphatic rings. The van der Waals surface area contributed by atoms with E-state index in [2.05, 4.69) is 52.5 Å². The summed E-state index contributed by atoms with van der Waals surface area (Å²) < 4.78 is 6.17. The van der Waals surface area contributed by atoms with Crippen molar-refractivity contribution in [2.75, 3.05) is 0 Å². The van der Waals surface area contributed by atoms with Gasteiger partial charge in [-0.3, -0.25) is 0 Å². The molecule has 1 aliphatic heterocycles. The van der Waals surface area contributed by atoms with E-state index in [4.69, 9.17) is 0 Å². The molecule has 26 heavy (non-hydrogen) atoms. The second-order valence-corrected chi connectivity index (χ2v) is 24.3. The first kappa shape index (κ1) is 22.3. The standard InChI is InChI=1S/C10H12NOS.3C4H9.Sn/c1-10(2,3)11-6-7-4-5-13-8(7)9(11)12;3*1-3-4-2;/h4H,6H2,1-3H3;3*1,3-4H2,2H3;. The van der Waals surface area contributed by atoms with E-state index in [0.29, 0.717) is 0 Å². The second kappa shape index (κ2) is 9.45. The van der Waals surface area contributed by atoms with E-state index >= 15 is 0 Å². The molecular formula is C22H39NOSSn. The van der Waals surface area contributed by atoms with Gasteiger partial charge < -0.3 is 0 Å². The van der Waals surface area contributed by atoms with Gasteiger partial charge in [0.1, 0.15) is 0 Å². The van der Waals surface area contributed by atoms with Crippen molar-refractivity contribution in [3.05, 3.63) is 16.5 Å². The van der Waals surface area contributed by atoms with E-state index in [-0.39, 0.29) is 11.4 Å². The molecule has 0 saturated heterocycles. The Morgan fingerprint density at radius 2 is 1.50 bits per heavy atom. The molecule has 0 atom stereocenters. The molecular weight excluding hydrogens is 445 g/mol. The van der Waals surface area contributed by atoms with Crippen LogP contribution >= 0.6 is 11.3 Å². The molecule has 0 N–H and O–H groups in total. The fourth-order valence-electron chi connectivity index (χ4n) is 4.19. The van der Waals surface area contributed by atoms with Gasteiger partial charge in [-0.25, -0.2) is 0 Å². The molecule has 0 spiro atoms. The Morgan fingerprint density at radius 1 is 1.00 bits per heavy atom. The Labute approximate surface area is 169 Å². The molecule has 1 amide bonds. The minimum absolute atomic E-state index is 0.0804.